The molecule has 0 spiro atoms. The van der Waals surface area contributed by atoms with Crippen LogP contribution in [-0.2, 0) is 0 Å². The van der Waals surface area contributed by atoms with E-state index < -0.39 is 6.03 Å². The molecular formula is C15H15ClN2O4. The van der Waals surface area contributed by atoms with Gasteiger partial charge < -0.3 is 25.2 Å². The summed E-state index contributed by atoms with van der Waals surface area (Å²) in [5, 5.41) is 15.2. The molecule has 0 atom stereocenters. The first-order valence-electron chi connectivity index (χ1n) is 6.31. The number of halogens is 1. The van der Waals surface area contributed by atoms with Crippen molar-refractivity contribution in [3.05, 3.63) is 41.4 Å². The summed E-state index contributed by atoms with van der Waals surface area (Å²) in [5.74, 6) is 1.00. The lowest BCUT2D eigenvalue weighted by atomic mass is 10.2. The molecule has 0 aliphatic rings. The van der Waals surface area contributed by atoms with Crippen molar-refractivity contribution in [1.82, 2.24) is 0 Å². The highest BCUT2D eigenvalue weighted by atomic mass is 35.5. The van der Waals surface area contributed by atoms with Crippen LogP contribution < -0.4 is 20.1 Å². The first-order chi connectivity index (χ1) is 10.5. The lowest BCUT2D eigenvalue weighted by Gasteiger charge is -2.11. The summed E-state index contributed by atoms with van der Waals surface area (Å²) in [4.78, 5) is 12.0. The summed E-state index contributed by atoms with van der Waals surface area (Å²) < 4.78 is 10.2. The first-order valence-corrected chi connectivity index (χ1v) is 6.69. The van der Waals surface area contributed by atoms with E-state index in [1.54, 1.807) is 18.2 Å². The van der Waals surface area contributed by atoms with E-state index in [1.165, 1.54) is 32.4 Å². The number of methoxy groups -OCH3 is 2. The summed E-state index contributed by atoms with van der Waals surface area (Å²) in [6, 6.07) is 8.79. The van der Waals surface area contributed by atoms with E-state index in [-0.39, 0.29) is 11.4 Å². The average Bonchev–Trinajstić information content (AvgIpc) is 2.50. The molecule has 0 saturated heterocycles. The molecular weight excluding hydrogens is 308 g/mol. The predicted molar refractivity (Wildman–Crippen MR) is 85.3 cm³/mol. The Morgan fingerprint density at radius 2 is 1.68 bits per heavy atom. The van der Waals surface area contributed by atoms with E-state index in [0.717, 1.165) is 0 Å². The van der Waals surface area contributed by atoms with Gasteiger partial charge in [0.15, 0.2) is 0 Å². The Balaban J connectivity index is 2.13. The van der Waals surface area contributed by atoms with Crippen molar-refractivity contribution in [2.24, 2.45) is 0 Å². The Morgan fingerprint density at radius 3 is 2.27 bits per heavy atom. The van der Waals surface area contributed by atoms with Crippen LogP contribution in [0.3, 0.4) is 0 Å². The minimum absolute atomic E-state index is 0.0808. The van der Waals surface area contributed by atoms with Crippen LogP contribution in [0.2, 0.25) is 5.02 Å². The number of phenols is 1. The lowest BCUT2D eigenvalue weighted by molar-refractivity contribution is 0.262. The molecule has 22 heavy (non-hydrogen) atoms. The molecule has 2 aromatic rings. The summed E-state index contributed by atoms with van der Waals surface area (Å²) >= 11 is 5.82. The molecule has 0 aromatic heterocycles. The normalized spacial score (nSPS) is 9.95. The van der Waals surface area contributed by atoms with Crippen LogP contribution >= 0.6 is 11.6 Å². The van der Waals surface area contributed by atoms with Crippen LogP contribution in [0.4, 0.5) is 16.2 Å². The Hall–Kier alpha value is -2.60. The highest BCUT2D eigenvalue weighted by Gasteiger charge is 2.09. The Labute approximate surface area is 132 Å². The molecule has 0 unspecified atom stereocenters. The molecule has 2 aromatic carbocycles. The number of nitrogens with one attached hydrogen (secondary N) is 2. The Kier molecular flexibility index (Phi) is 4.95. The molecule has 2 rings (SSSR count). The fourth-order valence-corrected chi connectivity index (χ4v) is 1.94. The van der Waals surface area contributed by atoms with Crippen LogP contribution in [0, 0.1) is 0 Å². The number of urea groups is 1. The molecule has 6 nitrogen and oxygen atoms in total. The first kappa shape index (κ1) is 15.8. The number of carbonyl (C=O) groups excluding carboxylic acids is 1. The summed E-state index contributed by atoms with van der Waals surface area (Å²) in [6.07, 6.45) is 0. The molecule has 0 fully saturated rings. The van der Waals surface area contributed by atoms with E-state index in [4.69, 9.17) is 21.1 Å². The number of hydrogen-bond donors (Lipinski definition) is 3. The van der Waals surface area contributed by atoms with Crippen LogP contribution in [0.25, 0.3) is 0 Å². The van der Waals surface area contributed by atoms with Gasteiger partial charge in [-0.2, -0.15) is 0 Å². The van der Waals surface area contributed by atoms with Crippen LogP contribution in [-0.4, -0.2) is 25.4 Å². The number of ether oxygens (including phenoxy) is 2. The third-order valence-corrected chi connectivity index (χ3v) is 3.05. The van der Waals surface area contributed by atoms with Gasteiger partial charge in [-0.25, -0.2) is 4.79 Å². The van der Waals surface area contributed by atoms with Crippen LogP contribution in [0.15, 0.2) is 36.4 Å². The number of amides is 2. The second-order valence-electron chi connectivity index (χ2n) is 4.34. The fourth-order valence-electron chi connectivity index (χ4n) is 1.77. The zero-order chi connectivity index (χ0) is 16.1. The minimum atomic E-state index is -0.534. The third-order valence-electron chi connectivity index (χ3n) is 2.82. The molecule has 3 N–H and O–H groups in total. The number of hydrogen-bond acceptors (Lipinski definition) is 4. The Morgan fingerprint density at radius 1 is 1.05 bits per heavy atom. The van der Waals surface area contributed by atoms with Gasteiger partial charge in [-0.15, -0.1) is 0 Å². The van der Waals surface area contributed by atoms with Gasteiger partial charge in [-0.1, -0.05) is 11.6 Å². The van der Waals surface area contributed by atoms with Gasteiger partial charge in [0.2, 0.25) is 0 Å². The SMILES string of the molecule is COc1cc(NC(=O)Nc2cc(Cl)ccc2O)cc(OC)c1. The number of carbonyl (C=O) groups is 1. The molecule has 0 aliphatic heterocycles. The number of aromatic hydroxyl groups is 1. The summed E-state index contributed by atoms with van der Waals surface area (Å²) in [6.45, 7) is 0. The standard InChI is InChI=1S/C15H15ClN2O4/c1-21-11-6-10(7-12(8-11)22-2)17-15(20)18-13-5-9(16)3-4-14(13)19/h3-8,19H,1-2H3,(H2,17,18,20). The number of benzene rings is 2. The maximum Gasteiger partial charge on any atom is 0.323 e. The number of anilines is 2. The zero-order valence-electron chi connectivity index (χ0n) is 12.0. The highest BCUT2D eigenvalue weighted by molar-refractivity contribution is 6.31. The molecule has 2 amide bonds. The van der Waals surface area contributed by atoms with Gasteiger partial charge in [0, 0.05) is 28.9 Å². The van der Waals surface area contributed by atoms with Crippen molar-refractivity contribution < 1.29 is 19.4 Å². The molecule has 0 aliphatic carbocycles. The maximum atomic E-state index is 12.0. The monoisotopic (exact) mass is 322 g/mol. The smallest absolute Gasteiger partial charge is 0.323 e. The van der Waals surface area contributed by atoms with Crippen molar-refractivity contribution >= 4 is 29.0 Å². The van der Waals surface area contributed by atoms with Crippen molar-refractivity contribution in [1.29, 1.82) is 0 Å². The summed E-state index contributed by atoms with van der Waals surface area (Å²) in [5.41, 5.74) is 0.690. The molecule has 0 saturated carbocycles. The summed E-state index contributed by atoms with van der Waals surface area (Å²) in [7, 11) is 3.03. The molecule has 0 radical (unpaired) electrons. The predicted octanol–water partition coefficient (Wildman–Crippen LogP) is 3.71. The van der Waals surface area contributed by atoms with E-state index in [9.17, 15) is 9.90 Å². The third kappa shape index (κ3) is 3.95. The minimum Gasteiger partial charge on any atom is -0.506 e. The quantitative estimate of drug-likeness (QED) is 0.750. The Bertz CT molecular complexity index is 669. The highest BCUT2D eigenvalue weighted by Crippen LogP contribution is 2.28. The molecule has 0 heterocycles. The number of phenolic OH excluding ortho intramolecular Hbond substituents is 1. The van der Waals surface area contributed by atoms with Gasteiger partial charge in [-0.3, -0.25) is 0 Å². The fraction of sp³-hybridized carbons (Fsp3) is 0.133. The van der Waals surface area contributed by atoms with Crippen molar-refractivity contribution in [3.63, 3.8) is 0 Å². The lowest BCUT2D eigenvalue weighted by Crippen LogP contribution is -2.19. The van der Waals surface area contributed by atoms with Crippen molar-refractivity contribution in [2.45, 2.75) is 0 Å². The largest absolute Gasteiger partial charge is 0.506 e. The van der Waals surface area contributed by atoms with Gasteiger partial charge >= 0.3 is 6.03 Å². The topological polar surface area (TPSA) is 79.8 Å². The van der Waals surface area contributed by atoms with Gasteiger partial charge in [0.1, 0.15) is 17.2 Å². The zero-order valence-corrected chi connectivity index (χ0v) is 12.8. The van der Waals surface area contributed by atoms with E-state index in [0.29, 0.717) is 22.2 Å². The van der Waals surface area contributed by atoms with Gasteiger partial charge in [0.05, 0.1) is 19.9 Å². The van der Waals surface area contributed by atoms with Crippen LogP contribution in [0.5, 0.6) is 17.2 Å². The maximum absolute atomic E-state index is 12.0. The average molecular weight is 323 g/mol. The van der Waals surface area contributed by atoms with E-state index in [2.05, 4.69) is 10.6 Å². The van der Waals surface area contributed by atoms with Gasteiger partial charge in [0.25, 0.3) is 0 Å². The number of rotatable bonds is 4. The molecule has 116 valence electrons. The van der Waals surface area contributed by atoms with Gasteiger partial charge in [-0.05, 0) is 18.2 Å². The van der Waals surface area contributed by atoms with Crippen LogP contribution in [0.1, 0.15) is 0 Å². The van der Waals surface area contributed by atoms with Crippen molar-refractivity contribution in [3.8, 4) is 17.2 Å². The molecule has 7 heteroatoms. The van der Waals surface area contributed by atoms with Crippen molar-refractivity contribution in [2.75, 3.05) is 24.9 Å². The van der Waals surface area contributed by atoms with E-state index >= 15 is 0 Å². The second-order valence-corrected chi connectivity index (χ2v) is 4.78. The van der Waals surface area contributed by atoms with E-state index in [1.807, 2.05) is 0 Å². The molecule has 0 bridgehead atoms. The second kappa shape index (κ2) is 6.91.